The molecule has 0 bridgehead atoms. The van der Waals surface area contributed by atoms with E-state index in [0.29, 0.717) is 42.1 Å². The fourth-order valence-electron chi connectivity index (χ4n) is 5.94. The Hall–Kier alpha value is -2.97. The number of carbonyl (C=O) groups is 2. The summed E-state index contributed by atoms with van der Waals surface area (Å²) in [5.74, 6) is -1.39. The lowest BCUT2D eigenvalue weighted by molar-refractivity contribution is -0.274. The SMILES string of the molecule is Cc1c(C(=O)NC2CC(C(=O)O)C2)cc(-c2cc(OC(F)(F)F)cc(C3(C)CC3)c2)n1CC1CCCCC1. The number of ether oxygens (including phenoxy) is 1. The summed E-state index contributed by atoms with van der Waals surface area (Å²) < 4.78 is 46.1. The van der Waals surface area contributed by atoms with E-state index in [1.54, 1.807) is 6.07 Å². The molecule has 1 heterocycles. The first-order chi connectivity index (χ1) is 17.9. The zero-order chi connectivity index (χ0) is 27.2. The van der Waals surface area contributed by atoms with Gasteiger partial charge in [0, 0.05) is 29.5 Å². The quantitative estimate of drug-likeness (QED) is 0.402. The Morgan fingerprint density at radius 2 is 1.79 bits per heavy atom. The Morgan fingerprint density at radius 3 is 2.39 bits per heavy atom. The molecule has 5 rings (SSSR count). The summed E-state index contributed by atoms with van der Waals surface area (Å²) in [5, 5.41) is 12.1. The van der Waals surface area contributed by atoms with Gasteiger partial charge in [0.25, 0.3) is 5.91 Å². The maximum Gasteiger partial charge on any atom is 0.573 e. The fraction of sp³-hybridized carbons (Fsp3) is 0.586. The van der Waals surface area contributed by atoms with Crippen LogP contribution in [0, 0.1) is 18.8 Å². The van der Waals surface area contributed by atoms with E-state index in [0.717, 1.165) is 49.8 Å². The number of nitrogens with one attached hydrogen (secondary N) is 1. The average Bonchev–Trinajstić information content (AvgIpc) is 3.49. The topological polar surface area (TPSA) is 80.6 Å². The Bertz CT molecular complexity index is 1220. The molecule has 0 atom stereocenters. The third-order valence-electron chi connectivity index (χ3n) is 8.73. The number of halogens is 3. The summed E-state index contributed by atoms with van der Waals surface area (Å²) in [6.45, 7) is 4.61. The van der Waals surface area contributed by atoms with Crippen molar-refractivity contribution in [2.45, 2.75) is 96.0 Å². The van der Waals surface area contributed by atoms with Crippen LogP contribution < -0.4 is 10.1 Å². The minimum Gasteiger partial charge on any atom is -0.481 e. The van der Waals surface area contributed by atoms with Crippen molar-refractivity contribution in [2.75, 3.05) is 0 Å². The van der Waals surface area contributed by atoms with Gasteiger partial charge in [-0.2, -0.15) is 0 Å². The van der Waals surface area contributed by atoms with Crippen molar-refractivity contribution in [3.8, 4) is 17.0 Å². The zero-order valence-corrected chi connectivity index (χ0v) is 21.9. The van der Waals surface area contributed by atoms with E-state index in [-0.39, 0.29) is 23.1 Å². The number of carbonyl (C=O) groups excluding carboxylic acids is 1. The third-order valence-corrected chi connectivity index (χ3v) is 8.73. The van der Waals surface area contributed by atoms with E-state index in [1.807, 2.05) is 19.9 Å². The lowest BCUT2D eigenvalue weighted by Crippen LogP contribution is -2.46. The number of aliphatic carboxylic acids is 1. The molecule has 2 N–H and O–H groups in total. The number of nitrogens with zero attached hydrogens (tertiary/aromatic N) is 1. The van der Waals surface area contributed by atoms with E-state index in [9.17, 15) is 22.8 Å². The van der Waals surface area contributed by atoms with Gasteiger partial charge in [0.2, 0.25) is 0 Å². The molecule has 3 aliphatic rings. The van der Waals surface area contributed by atoms with Crippen LogP contribution in [0.4, 0.5) is 13.2 Å². The monoisotopic (exact) mass is 532 g/mol. The highest BCUT2D eigenvalue weighted by Crippen LogP contribution is 2.49. The molecule has 0 radical (unpaired) electrons. The highest BCUT2D eigenvalue weighted by molar-refractivity contribution is 5.97. The number of carboxylic acid groups (broad SMARTS) is 1. The van der Waals surface area contributed by atoms with Crippen LogP contribution in [0.3, 0.4) is 0 Å². The molecular formula is C29H35F3N2O4. The summed E-state index contributed by atoms with van der Waals surface area (Å²) in [4.78, 5) is 24.4. The van der Waals surface area contributed by atoms with Gasteiger partial charge in [-0.25, -0.2) is 0 Å². The van der Waals surface area contributed by atoms with Crippen molar-refractivity contribution in [1.29, 1.82) is 0 Å². The van der Waals surface area contributed by atoms with Gasteiger partial charge in [-0.05, 0) is 86.6 Å². The second kappa shape index (κ2) is 9.97. The zero-order valence-electron chi connectivity index (χ0n) is 21.9. The van der Waals surface area contributed by atoms with Gasteiger partial charge in [-0.15, -0.1) is 13.2 Å². The third kappa shape index (κ3) is 5.71. The van der Waals surface area contributed by atoms with Gasteiger partial charge < -0.3 is 19.7 Å². The maximum absolute atomic E-state index is 13.3. The molecule has 1 amide bonds. The van der Waals surface area contributed by atoms with Crippen LogP contribution in [-0.2, 0) is 16.8 Å². The first-order valence-electron chi connectivity index (χ1n) is 13.6. The van der Waals surface area contributed by atoms with Crippen LogP contribution in [0.2, 0.25) is 0 Å². The number of benzene rings is 1. The molecule has 3 aliphatic carbocycles. The number of aromatic nitrogens is 1. The highest BCUT2D eigenvalue weighted by atomic mass is 19.4. The molecule has 0 spiro atoms. The average molecular weight is 533 g/mol. The minimum atomic E-state index is -4.80. The number of hydrogen-bond donors (Lipinski definition) is 2. The normalized spacial score (nSPS) is 23.0. The Labute approximate surface area is 220 Å². The molecule has 0 unspecified atom stereocenters. The fourth-order valence-corrected chi connectivity index (χ4v) is 5.94. The summed E-state index contributed by atoms with van der Waals surface area (Å²) in [7, 11) is 0. The minimum absolute atomic E-state index is 0.180. The lowest BCUT2D eigenvalue weighted by Gasteiger charge is -2.32. The number of rotatable bonds is 8. The number of alkyl halides is 3. The lowest BCUT2D eigenvalue weighted by atomic mass is 9.80. The van der Waals surface area contributed by atoms with Crippen LogP contribution in [0.25, 0.3) is 11.3 Å². The highest BCUT2D eigenvalue weighted by Gasteiger charge is 2.41. The molecule has 38 heavy (non-hydrogen) atoms. The largest absolute Gasteiger partial charge is 0.573 e. The van der Waals surface area contributed by atoms with Crippen LogP contribution in [0.15, 0.2) is 24.3 Å². The Balaban J connectivity index is 1.51. The van der Waals surface area contributed by atoms with Crippen LogP contribution in [-0.4, -0.2) is 34.0 Å². The van der Waals surface area contributed by atoms with E-state index < -0.39 is 18.2 Å². The number of amides is 1. The summed E-state index contributed by atoms with van der Waals surface area (Å²) >= 11 is 0. The summed E-state index contributed by atoms with van der Waals surface area (Å²) in [5.41, 5.74) is 3.16. The molecule has 3 fully saturated rings. The van der Waals surface area contributed by atoms with Crippen molar-refractivity contribution in [3.05, 3.63) is 41.1 Å². The first kappa shape index (κ1) is 26.6. The molecule has 2 aromatic rings. The molecule has 3 saturated carbocycles. The number of hydrogen-bond acceptors (Lipinski definition) is 3. The van der Waals surface area contributed by atoms with Crippen molar-refractivity contribution in [2.24, 2.45) is 11.8 Å². The molecule has 206 valence electrons. The maximum atomic E-state index is 13.3. The molecule has 1 aromatic heterocycles. The smallest absolute Gasteiger partial charge is 0.481 e. The second-order valence-corrected chi connectivity index (χ2v) is 11.7. The van der Waals surface area contributed by atoms with E-state index in [4.69, 9.17) is 5.11 Å². The van der Waals surface area contributed by atoms with E-state index in [1.165, 1.54) is 18.6 Å². The van der Waals surface area contributed by atoms with Crippen molar-refractivity contribution >= 4 is 11.9 Å². The molecule has 6 nitrogen and oxygen atoms in total. The molecule has 0 saturated heterocycles. The van der Waals surface area contributed by atoms with Gasteiger partial charge in [-0.1, -0.05) is 26.2 Å². The van der Waals surface area contributed by atoms with Gasteiger partial charge in [0.15, 0.2) is 0 Å². The predicted molar refractivity (Wildman–Crippen MR) is 136 cm³/mol. The summed E-state index contributed by atoms with van der Waals surface area (Å²) in [6.07, 6.45) is 3.46. The number of carboxylic acids is 1. The van der Waals surface area contributed by atoms with Crippen LogP contribution >= 0.6 is 0 Å². The molecule has 9 heteroatoms. The van der Waals surface area contributed by atoms with Gasteiger partial charge in [-0.3, -0.25) is 9.59 Å². The van der Waals surface area contributed by atoms with Gasteiger partial charge in [0.1, 0.15) is 5.75 Å². The van der Waals surface area contributed by atoms with Crippen LogP contribution in [0.1, 0.15) is 86.3 Å². The van der Waals surface area contributed by atoms with E-state index in [2.05, 4.69) is 14.6 Å². The second-order valence-electron chi connectivity index (χ2n) is 11.7. The van der Waals surface area contributed by atoms with Gasteiger partial charge in [0.05, 0.1) is 11.5 Å². The van der Waals surface area contributed by atoms with Crippen molar-refractivity contribution in [1.82, 2.24) is 9.88 Å². The molecule has 1 aromatic carbocycles. The first-order valence-corrected chi connectivity index (χ1v) is 13.6. The van der Waals surface area contributed by atoms with Crippen LogP contribution in [0.5, 0.6) is 5.75 Å². The predicted octanol–water partition coefficient (Wildman–Crippen LogP) is 6.59. The standard InChI is InChI=1S/C29H35F3N2O4/c1-17-24(26(35)33-22-11-20(12-22)27(36)37)15-25(34(17)16-18-6-4-3-5-7-18)19-10-21(28(2)8-9-28)14-23(13-19)38-29(30,31)32/h10,13-15,18,20,22H,3-9,11-12,16H2,1-2H3,(H,33,35)(H,36,37). The van der Waals surface area contributed by atoms with Crippen molar-refractivity contribution in [3.63, 3.8) is 0 Å². The Morgan fingerprint density at radius 1 is 1.11 bits per heavy atom. The van der Waals surface area contributed by atoms with Gasteiger partial charge >= 0.3 is 12.3 Å². The molecule has 0 aliphatic heterocycles. The van der Waals surface area contributed by atoms with E-state index >= 15 is 0 Å². The summed E-state index contributed by atoms with van der Waals surface area (Å²) in [6, 6.07) is 6.41. The van der Waals surface area contributed by atoms with Crippen molar-refractivity contribution < 1.29 is 32.6 Å². The molecular weight excluding hydrogens is 497 g/mol. The Kier molecular flexibility index (Phi) is 6.99.